The SMILES string of the molecule is CC(C)(Nc1nc(N)c2ncn([C@H]3O[C@H](CO)[C@@H](O)[C@H]3O)c2n1)c1ccccc1. The standard InChI is InChI=1S/C19H24N6O4/c1-19(2,10-6-4-3-5-7-10)24-18-22-15(20)12-16(23-18)25(9-21-12)17-14(28)13(27)11(8-26)29-17/h3-7,9,11,13-14,17,26-28H,8H2,1-2H3,(H3,20,22,23,24)/t11-,13-,14-,17+/m1/s1. The number of nitrogens with one attached hydrogen (secondary N) is 1. The number of nitrogen functional groups attached to an aromatic ring is 1. The number of benzene rings is 1. The molecule has 3 aromatic rings. The molecule has 0 aliphatic carbocycles. The van der Waals surface area contributed by atoms with Gasteiger partial charge in [0.1, 0.15) is 23.8 Å². The second-order valence-corrected chi connectivity index (χ2v) is 7.60. The maximum atomic E-state index is 10.3. The minimum absolute atomic E-state index is 0.173. The van der Waals surface area contributed by atoms with Gasteiger partial charge in [0, 0.05) is 0 Å². The van der Waals surface area contributed by atoms with E-state index in [-0.39, 0.29) is 11.8 Å². The highest BCUT2D eigenvalue weighted by Crippen LogP contribution is 2.33. The lowest BCUT2D eigenvalue weighted by molar-refractivity contribution is -0.0511. The van der Waals surface area contributed by atoms with E-state index in [0.29, 0.717) is 11.2 Å². The van der Waals surface area contributed by atoms with Gasteiger partial charge in [0.15, 0.2) is 17.7 Å². The molecular weight excluding hydrogens is 376 g/mol. The number of imidazole rings is 1. The summed E-state index contributed by atoms with van der Waals surface area (Å²) in [4.78, 5) is 13.0. The van der Waals surface area contributed by atoms with E-state index in [2.05, 4.69) is 20.3 Å². The van der Waals surface area contributed by atoms with Crippen molar-refractivity contribution in [2.45, 2.75) is 43.9 Å². The fourth-order valence-corrected chi connectivity index (χ4v) is 3.50. The van der Waals surface area contributed by atoms with Gasteiger partial charge in [-0.2, -0.15) is 9.97 Å². The van der Waals surface area contributed by atoms with Crippen LogP contribution in [0.2, 0.25) is 0 Å². The van der Waals surface area contributed by atoms with Crippen LogP contribution >= 0.6 is 0 Å². The second-order valence-electron chi connectivity index (χ2n) is 7.60. The summed E-state index contributed by atoms with van der Waals surface area (Å²) in [6.45, 7) is 3.57. The summed E-state index contributed by atoms with van der Waals surface area (Å²) in [7, 11) is 0. The van der Waals surface area contributed by atoms with E-state index in [1.165, 1.54) is 10.9 Å². The molecule has 0 spiro atoms. The topological polar surface area (TPSA) is 152 Å². The molecule has 0 amide bonds. The third kappa shape index (κ3) is 3.40. The van der Waals surface area contributed by atoms with E-state index in [1.54, 1.807) is 0 Å². The zero-order valence-electron chi connectivity index (χ0n) is 16.1. The van der Waals surface area contributed by atoms with Crippen molar-refractivity contribution >= 4 is 22.9 Å². The van der Waals surface area contributed by atoms with E-state index in [0.717, 1.165) is 5.56 Å². The summed E-state index contributed by atoms with van der Waals surface area (Å²) in [6.07, 6.45) is -2.92. The molecule has 1 aliphatic heterocycles. The number of fused-ring (bicyclic) bond motifs is 1. The van der Waals surface area contributed by atoms with Crippen LogP contribution in [0.5, 0.6) is 0 Å². The Morgan fingerprint density at radius 2 is 1.90 bits per heavy atom. The number of aromatic nitrogens is 4. The minimum atomic E-state index is -1.25. The number of hydrogen-bond acceptors (Lipinski definition) is 9. The molecular formula is C19H24N6O4. The van der Waals surface area contributed by atoms with E-state index in [9.17, 15) is 15.3 Å². The maximum Gasteiger partial charge on any atom is 0.227 e. The van der Waals surface area contributed by atoms with Crippen LogP contribution < -0.4 is 11.1 Å². The summed E-state index contributed by atoms with van der Waals surface area (Å²) in [5.41, 5.74) is 7.34. The zero-order valence-corrected chi connectivity index (χ0v) is 16.1. The van der Waals surface area contributed by atoms with Crippen LogP contribution in [0.15, 0.2) is 36.7 Å². The monoisotopic (exact) mass is 400 g/mol. The fraction of sp³-hybridized carbons (Fsp3) is 0.421. The third-order valence-corrected chi connectivity index (χ3v) is 5.16. The number of nitrogens with two attached hydrogens (primary N) is 1. The summed E-state index contributed by atoms with van der Waals surface area (Å²) in [6, 6.07) is 9.85. The summed E-state index contributed by atoms with van der Waals surface area (Å²) in [5.74, 6) is 0.462. The van der Waals surface area contributed by atoms with Gasteiger partial charge in [0.05, 0.1) is 18.5 Å². The average Bonchev–Trinajstić information content (AvgIpc) is 3.24. The molecule has 1 fully saturated rings. The molecule has 154 valence electrons. The van der Waals surface area contributed by atoms with Crippen molar-refractivity contribution in [1.29, 1.82) is 0 Å². The van der Waals surface area contributed by atoms with Crippen LogP contribution in [-0.2, 0) is 10.3 Å². The van der Waals surface area contributed by atoms with E-state index >= 15 is 0 Å². The van der Waals surface area contributed by atoms with Crippen LogP contribution in [0.1, 0.15) is 25.6 Å². The number of ether oxygens (including phenoxy) is 1. The van der Waals surface area contributed by atoms with Gasteiger partial charge in [0.2, 0.25) is 5.95 Å². The highest BCUT2D eigenvalue weighted by molar-refractivity contribution is 5.83. The number of hydrogen-bond donors (Lipinski definition) is 5. The smallest absolute Gasteiger partial charge is 0.227 e. The average molecular weight is 400 g/mol. The normalized spacial score (nSPS) is 24.9. The molecule has 0 saturated carbocycles. The molecule has 0 bridgehead atoms. The first-order valence-corrected chi connectivity index (χ1v) is 9.28. The summed E-state index contributed by atoms with van der Waals surface area (Å²) < 4.78 is 7.07. The molecule has 1 saturated heterocycles. The van der Waals surface area contributed by atoms with Crippen molar-refractivity contribution in [2.75, 3.05) is 17.7 Å². The van der Waals surface area contributed by atoms with E-state index in [1.807, 2.05) is 44.2 Å². The van der Waals surface area contributed by atoms with Crippen LogP contribution in [0.3, 0.4) is 0 Å². The van der Waals surface area contributed by atoms with Crippen LogP contribution in [0.4, 0.5) is 11.8 Å². The number of aliphatic hydroxyl groups excluding tert-OH is 3. The Hall–Kier alpha value is -2.79. The van der Waals surface area contributed by atoms with Crippen LogP contribution in [0.25, 0.3) is 11.2 Å². The van der Waals surface area contributed by atoms with E-state index < -0.39 is 36.7 Å². The quantitative estimate of drug-likeness (QED) is 0.409. The molecule has 10 heteroatoms. The van der Waals surface area contributed by atoms with Gasteiger partial charge in [-0.25, -0.2) is 4.98 Å². The zero-order chi connectivity index (χ0) is 20.8. The predicted octanol–water partition coefficient (Wildman–Crippen LogP) is 0.367. The Labute approximate surface area is 167 Å². The number of anilines is 2. The summed E-state index contributed by atoms with van der Waals surface area (Å²) >= 11 is 0. The molecule has 0 radical (unpaired) electrons. The Bertz CT molecular complexity index is 1010. The lowest BCUT2D eigenvalue weighted by atomic mass is 9.95. The number of aliphatic hydroxyl groups is 3. The van der Waals surface area contributed by atoms with Crippen molar-refractivity contribution in [1.82, 2.24) is 19.5 Å². The van der Waals surface area contributed by atoms with Crippen molar-refractivity contribution in [2.24, 2.45) is 0 Å². The van der Waals surface area contributed by atoms with Crippen molar-refractivity contribution < 1.29 is 20.1 Å². The lowest BCUT2D eigenvalue weighted by Gasteiger charge is -2.27. The molecule has 6 N–H and O–H groups in total. The van der Waals surface area contributed by atoms with Gasteiger partial charge in [-0.05, 0) is 19.4 Å². The fourth-order valence-electron chi connectivity index (χ4n) is 3.50. The molecule has 4 atom stereocenters. The molecule has 4 rings (SSSR count). The predicted molar refractivity (Wildman–Crippen MR) is 106 cm³/mol. The van der Waals surface area contributed by atoms with Crippen LogP contribution in [0, 0.1) is 0 Å². The molecule has 0 unspecified atom stereocenters. The highest BCUT2D eigenvalue weighted by Gasteiger charge is 2.44. The molecule has 3 heterocycles. The number of rotatable bonds is 5. The molecule has 1 aliphatic rings. The Morgan fingerprint density at radius 3 is 2.55 bits per heavy atom. The lowest BCUT2D eigenvalue weighted by Crippen LogP contribution is -2.33. The van der Waals surface area contributed by atoms with Crippen molar-refractivity contribution in [3.8, 4) is 0 Å². The minimum Gasteiger partial charge on any atom is -0.394 e. The van der Waals surface area contributed by atoms with Gasteiger partial charge < -0.3 is 31.1 Å². The van der Waals surface area contributed by atoms with Gasteiger partial charge in [-0.3, -0.25) is 4.57 Å². The first kappa shape index (κ1) is 19.5. The van der Waals surface area contributed by atoms with Gasteiger partial charge in [0.25, 0.3) is 0 Å². The second kappa shape index (κ2) is 7.23. The third-order valence-electron chi connectivity index (χ3n) is 5.16. The Kier molecular flexibility index (Phi) is 4.87. The van der Waals surface area contributed by atoms with Crippen molar-refractivity contribution in [3.05, 3.63) is 42.2 Å². The molecule has 1 aromatic carbocycles. The van der Waals surface area contributed by atoms with Crippen molar-refractivity contribution in [3.63, 3.8) is 0 Å². The molecule has 2 aromatic heterocycles. The molecule has 10 nitrogen and oxygen atoms in total. The highest BCUT2D eigenvalue weighted by atomic mass is 16.6. The van der Waals surface area contributed by atoms with Gasteiger partial charge >= 0.3 is 0 Å². The first-order chi connectivity index (χ1) is 13.8. The van der Waals surface area contributed by atoms with Crippen LogP contribution in [-0.4, -0.2) is 59.8 Å². The maximum absolute atomic E-state index is 10.3. The first-order valence-electron chi connectivity index (χ1n) is 9.28. The molecule has 29 heavy (non-hydrogen) atoms. The number of nitrogens with zero attached hydrogens (tertiary/aromatic N) is 4. The summed E-state index contributed by atoms with van der Waals surface area (Å²) in [5, 5.41) is 33.0. The van der Waals surface area contributed by atoms with E-state index in [4.69, 9.17) is 10.5 Å². The Morgan fingerprint density at radius 1 is 1.17 bits per heavy atom. The van der Waals surface area contributed by atoms with Gasteiger partial charge in [-0.1, -0.05) is 30.3 Å². The largest absolute Gasteiger partial charge is 0.394 e. The Balaban J connectivity index is 1.71. The van der Waals surface area contributed by atoms with Gasteiger partial charge in [-0.15, -0.1) is 0 Å².